The third kappa shape index (κ3) is 3.50. The zero-order valence-corrected chi connectivity index (χ0v) is 13.9. The van der Waals surface area contributed by atoms with Crippen LogP contribution in [0, 0.1) is 0 Å². The van der Waals surface area contributed by atoms with Crippen LogP contribution >= 0.6 is 23.2 Å². The van der Waals surface area contributed by atoms with Gasteiger partial charge in [-0.2, -0.15) is 4.98 Å². The molecule has 0 saturated heterocycles. The van der Waals surface area contributed by atoms with Gasteiger partial charge < -0.3 is 9.73 Å². The van der Waals surface area contributed by atoms with Crippen LogP contribution in [-0.4, -0.2) is 16.8 Å². The summed E-state index contributed by atoms with van der Waals surface area (Å²) in [4.78, 5) is 27.4. The summed E-state index contributed by atoms with van der Waals surface area (Å²) in [7, 11) is 0. The maximum absolute atomic E-state index is 12.2. The molecule has 0 fully saturated rings. The summed E-state index contributed by atoms with van der Waals surface area (Å²) in [6.45, 7) is 1.41. The smallest absolute Gasteiger partial charge is 0.302 e. The molecule has 122 valence electrons. The molecule has 0 bridgehead atoms. The zero-order valence-electron chi connectivity index (χ0n) is 12.4. The fourth-order valence-corrected chi connectivity index (χ4v) is 2.36. The fraction of sp³-hybridized carbons (Fsp3) is 0.0625. The normalized spacial score (nSPS) is 10.6. The van der Waals surface area contributed by atoms with Crippen molar-refractivity contribution in [2.45, 2.75) is 6.92 Å². The predicted molar refractivity (Wildman–Crippen MR) is 92.7 cm³/mol. The van der Waals surface area contributed by atoms with E-state index in [-0.39, 0.29) is 16.9 Å². The Balaban J connectivity index is 1.82. The molecule has 2 N–H and O–H groups in total. The molecule has 2 aromatic carbocycles. The van der Waals surface area contributed by atoms with Gasteiger partial charge in [0.25, 0.3) is 5.91 Å². The largest absolute Gasteiger partial charge is 0.423 e. The van der Waals surface area contributed by atoms with E-state index in [1.165, 1.54) is 19.1 Å². The van der Waals surface area contributed by atoms with Crippen LogP contribution in [0.5, 0.6) is 0 Å². The van der Waals surface area contributed by atoms with Crippen molar-refractivity contribution in [2.75, 3.05) is 10.6 Å². The highest BCUT2D eigenvalue weighted by molar-refractivity contribution is 6.42. The number of amides is 2. The monoisotopic (exact) mass is 363 g/mol. The van der Waals surface area contributed by atoms with Gasteiger partial charge in [-0.05, 0) is 30.3 Å². The van der Waals surface area contributed by atoms with Gasteiger partial charge in [-0.1, -0.05) is 23.2 Å². The van der Waals surface area contributed by atoms with E-state index in [1.807, 2.05) is 0 Å². The molecule has 6 nitrogen and oxygen atoms in total. The molecule has 3 aromatic rings. The van der Waals surface area contributed by atoms with Gasteiger partial charge in [-0.15, -0.1) is 0 Å². The standard InChI is InChI=1S/C16H11Cl2N3O3/c1-8(22)19-10-3-5-13-14(7-10)24-16(20-13)21-15(23)9-2-4-11(17)12(18)6-9/h2-7H,1H3,(H,19,22)(H,20,21,23). The van der Waals surface area contributed by atoms with E-state index >= 15 is 0 Å². The molecule has 0 atom stereocenters. The topological polar surface area (TPSA) is 84.2 Å². The van der Waals surface area contributed by atoms with Crippen molar-refractivity contribution < 1.29 is 14.0 Å². The first-order chi connectivity index (χ1) is 11.4. The molecule has 1 aromatic heterocycles. The lowest BCUT2D eigenvalue weighted by atomic mass is 10.2. The number of hydrogen-bond donors (Lipinski definition) is 2. The quantitative estimate of drug-likeness (QED) is 0.724. The Morgan fingerprint density at radius 1 is 1.04 bits per heavy atom. The molecule has 8 heteroatoms. The van der Waals surface area contributed by atoms with Gasteiger partial charge in [0.15, 0.2) is 5.58 Å². The third-order valence-electron chi connectivity index (χ3n) is 3.11. The molecule has 0 unspecified atom stereocenters. The minimum absolute atomic E-state index is 0.0426. The highest BCUT2D eigenvalue weighted by Crippen LogP contribution is 2.25. The summed E-state index contributed by atoms with van der Waals surface area (Å²) in [5.74, 6) is -0.621. The summed E-state index contributed by atoms with van der Waals surface area (Å²) in [5, 5.41) is 5.83. The average molecular weight is 364 g/mol. The second-order valence-corrected chi connectivity index (χ2v) is 5.78. The van der Waals surface area contributed by atoms with E-state index in [1.54, 1.807) is 24.3 Å². The van der Waals surface area contributed by atoms with E-state index in [2.05, 4.69) is 15.6 Å². The molecule has 3 rings (SSSR count). The number of anilines is 2. The van der Waals surface area contributed by atoms with Crippen molar-refractivity contribution >= 4 is 57.8 Å². The molecular formula is C16H11Cl2N3O3. The Morgan fingerprint density at radius 2 is 1.83 bits per heavy atom. The van der Waals surface area contributed by atoms with Gasteiger partial charge in [0, 0.05) is 24.2 Å². The first-order valence-electron chi connectivity index (χ1n) is 6.87. The molecule has 24 heavy (non-hydrogen) atoms. The lowest BCUT2D eigenvalue weighted by Gasteiger charge is -2.02. The van der Waals surface area contributed by atoms with E-state index in [9.17, 15) is 9.59 Å². The van der Waals surface area contributed by atoms with Crippen LogP contribution in [-0.2, 0) is 4.79 Å². The van der Waals surface area contributed by atoms with Crippen molar-refractivity contribution in [2.24, 2.45) is 0 Å². The van der Waals surface area contributed by atoms with Crippen molar-refractivity contribution in [3.63, 3.8) is 0 Å². The Morgan fingerprint density at radius 3 is 2.54 bits per heavy atom. The lowest BCUT2D eigenvalue weighted by molar-refractivity contribution is -0.114. The molecule has 2 amide bonds. The third-order valence-corrected chi connectivity index (χ3v) is 3.85. The van der Waals surface area contributed by atoms with Crippen molar-refractivity contribution in [1.29, 1.82) is 0 Å². The number of nitrogens with zero attached hydrogens (tertiary/aromatic N) is 1. The van der Waals surface area contributed by atoms with Gasteiger partial charge in [0.05, 0.1) is 10.0 Å². The number of aromatic nitrogens is 1. The lowest BCUT2D eigenvalue weighted by Crippen LogP contribution is -2.11. The summed E-state index contributed by atoms with van der Waals surface area (Å²) >= 11 is 11.7. The number of carbonyl (C=O) groups excluding carboxylic acids is 2. The van der Waals surface area contributed by atoms with E-state index in [0.29, 0.717) is 27.4 Å². The molecule has 0 aliphatic rings. The summed E-state index contributed by atoms with van der Waals surface area (Å²) in [6.07, 6.45) is 0. The highest BCUT2D eigenvalue weighted by Gasteiger charge is 2.13. The number of nitrogens with one attached hydrogen (secondary N) is 2. The van der Waals surface area contributed by atoms with E-state index in [0.717, 1.165) is 0 Å². The summed E-state index contributed by atoms with van der Waals surface area (Å²) < 4.78 is 5.48. The number of benzene rings is 2. The SMILES string of the molecule is CC(=O)Nc1ccc2nc(NC(=O)c3ccc(Cl)c(Cl)c3)oc2c1. The van der Waals surface area contributed by atoms with Crippen LogP contribution in [0.25, 0.3) is 11.1 Å². The van der Waals surface area contributed by atoms with Gasteiger partial charge in [0.1, 0.15) is 5.52 Å². The first-order valence-corrected chi connectivity index (χ1v) is 7.62. The van der Waals surface area contributed by atoms with Gasteiger partial charge in [-0.25, -0.2) is 0 Å². The molecule has 0 aliphatic carbocycles. The van der Waals surface area contributed by atoms with Crippen molar-refractivity contribution in [3.05, 3.63) is 52.0 Å². The first kappa shape index (κ1) is 16.3. The van der Waals surface area contributed by atoms with Crippen LogP contribution in [0.15, 0.2) is 40.8 Å². The van der Waals surface area contributed by atoms with Crippen LogP contribution in [0.1, 0.15) is 17.3 Å². The summed E-state index contributed by atoms with van der Waals surface area (Å²) in [5.41, 5.74) is 1.89. The van der Waals surface area contributed by atoms with E-state index in [4.69, 9.17) is 27.6 Å². The Hall–Kier alpha value is -2.57. The van der Waals surface area contributed by atoms with Crippen LogP contribution in [0.4, 0.5) is 11.7 Å². The van der Waals surface area contributed by atoms with Gasteiger partial charge >= 0.3 is 6.01 Å². The molecular weight excluding hydrogens is 353 g/mol. The second-order valence-electron chi connectivity index (χ2n) is 4.97. The molecule has 0 spiro atoms. The van der Waals surface area contributed by atoms with Crippen LogP contribution in [0.2, 0.25) is 10.0 Å². The molecule has 1 heterocycles. The molecule has 0 aliphatic heterocycles. The second kappa shape index (κ2) is 6.51. The minimum atomic E-state index is -0.429. The highest BCUT2D eigenvalue weighted by atomic mass is 35.5. The predicted octanol–water partition coefficient (Wildman–Crippen LogP) is 4.35. The molecule has 0 radical (unpaired) electrons. The van der Waals surface area contributed by atoms with Gasteiger partial charge in [0.2, 0.25) is 5.91 Å². The average Bonchev–Trinajstić information content (AvgIpc) is 2.90. The maximum Gasteiger partial charge on any atom is 0.302 e. The number of rotatable bonds is 3. The molecule has 0 saturated carbocycles. The number of fused-ring (bicyclic) bond motifs is 1. The van der Waals surface area contributed by atoms with Crippen LogP contribution in [0.3, 0.4) is 0 Å². The summed E-state index contributed by atoms with van der Waals surface area (Å²) in [6, 6.07) is 9.57. The minimum Gasteiger partial charge on any atom is -0.423 e. The number of halogens is 2. The maximum atomic E-state index is 12.2. The Labute approximate surface area is 146 Å². The number of hydrogen-bond acceptors (Lipinski definition) is 4. The van der Waals surface area contributed by atoms with E-state index < -0.39 is 5.91 Å². The fourth-order valence-electron chi connectivity index (χ4n) is 2.07. The Kier molecular flexibility index (Phi) is 4.42. The van der Waals surface area contributed by atoms with Crippen molar-refractivity contribution in [3.8, 4) is 0 Å². The number of carbonyl (C=O) groups is 2. The zero-order chi connectivity index (χ0) is 17.3. The van der Waals surface area contributed by atoms with Gasteiger partial charge in [-0.3, -0.25) is 14.9 Å². The Bertz CT molecular complexity index is 953. The van der Waals surface area contributed by atoms with Crippen LogP contribution < -0.4 is 10.6 Å². The van der Waals surface area contributed by atoms with Crippen molar-refractivity contribution in [1.82, 2.24) is 4.98 Å². The number of oxazole rings is 1.